The van der Waals surface area contributed by atoms with E-state index in [9.17, 15) is 5.11 Å². The molecule has 1 atom stereocenters. The molecule has 0 spiro atoms. The second-order valence-electron chi connectivity index (χ2n) is 5.66. The Labute approximate surface area is 120 Å². The third-order valence-corrected chi connectivity index (χ3v) is 4.41. The van der Waals surface area contributed by atoms with Crippen LogP contribution >= 0.6 is 11.6 Å². The third kappa shape index (κ3) is 3.11. The van der Waals surface area contributed by atoms with E-state index in [1.54, 1.807) is 0 Å². The summed E-state index contributed by atoms with van der Waals surface area (Å²) in [6.07, 6.45) is -0.566. The van der Waals surface area contributed by atoms with Gasteiger partial charge in [-0.25, -0.2) is 0 Å². The van der Waals surface area contributed by atoms with E-state index in [4.69, 9.17) is 16.3 Å². The molecule has 4 heteroatoms. The number of ether oxygens (including phenoxy) is 1. The predicted octanol–water partition coefficient (Wildman–Crippen LogP) is 2.79. The SMILES string of the molecule is Cc1ccc(C(O)C(C)(C)N2CCOCC2)cc1Cl. The molecule has 0 aliphatic carbocycles. The molecule has 0 bridgehead atoms. The molecule has 2 rings (SSSR count). The van der Waals surface area contributed by atoms with Crippen molar-refractivity contribution in [1.29, 1.82) is 0 Å². The number of hydrogen-bond acceptors (Lipinski definition) is 3. The van der Waals surface area contributed by atoms with E-state index in [1.807, 2.05) is 25.1 Å². The molecule has 1 aliphatic heterocycles. The highest BCUT2D eigenvalue weighted by atomic mass is 35.5. The van der Waals surface area contributed by atoms with Crippen molar-refractivity contribution >= 4 is 11.6 Å². The van der Waals surface area contributed by atoms with Gasteiger partial charge in [0.1, 0.15) is 0 Å². The van der Waals surface area contributed by atoms with Crippen LogP contribution in [-0.4, -0.2) is 41.8 Å². The van der Waals surface area contributed by atoms with Crippen molar-refractivity contribution in [3.8, 4) is 0 Å². The molecule has 1 N–H and O–H groups in total. The normalized spacial score (nSPS) is 19.4. The first kappa shape index (κ1) is 14.8. The van der Waals surface area contributed by atoms with E-state index in [0.717, 1.165) is 37.4 Å². The van der Waals surface area contributed by atoms with Gasteiger partial charge in [-0.1, -0.05) is 23.7 Å². The highest BCUT2D eigenvalue weighted by molar-refractivity contribution is 6.31. The van der Waals surface area contributed by atoms with Crippen LogP contribution in [0.25, 0.3) is 0 Å². The van der Waals surface area contributed by atoms with Crippen LogP contribution in [0.4, 0.5) is 0 Å². The van der Waals surface area contributed by atoms with Gasteiger partial charge in [-0.2, -0.15) is 0 Å². The first-order chi connectivity index (χ1) is 8.93. The molecule has 0 aromatic heterocycles. The first-order valence-corrected chi connectivity index (χ1v) is 7.07. The fraction of sp³-hybridized carbons (Fsp3) is 0.600. The number of rotatable bonds is 3. The lowest BCUT2D eigenvalue weighted by atomic mass is 9.89. The highest BCUT2D eigenvalue weighted by Gasteiger charge is 2.36. The van der Waals surface area contributed by atoms with Gasteiger partial charge in [0.2, 0.25) is 0 Å². The Morgan fingerprint density at radius 2 is 1.95 bits per heavy atom. The number of aliphatic hydroxyl groups excluding tert-OH is 1. The molecule has 1 aromatic carbocycles. The molecule has 1 heterocycles. The smallest absolute Gasteiger partial charge is 0.0968 e. The molecule has 0 radical (unpaired) electrons. The average molecular weight is 284 g/mol. The lowest BCUT2D eigenvalue weighted by Crippen LogP contribution is -2.53. The minimum atomic E-state index is -0.566. The maximum Gasteiger partial charge on any atom is 0.0968 e. The maximum atomic E-state index is 10.7. The maximum absolute atomic E-state index is 10.7. The summed E-state index contributed by atoms with van der Waals surface area (Å²) in [7, 11) is 0. The first-order valence-electron chi connectivity index (χ1n) is 6.70. The van der Waals surface area contributed by atoms with Gasteiger partial charge in [-0.3, -0.25) is 4.90 Å². The number of morpholine rings is 1. The van der Waals surface area contributed by atoms with Crippen LogP contribution in [0.2, 0.25) is 5.02 Å². The van der Waals surface area contributed by atoms with Crippen molar-refractivity contribution in [2.45, 2.75) is 32.4 Å². The number of hydrogen-bond donors (Lipinski definition) is 1. The predicted molar refractivity (Wildman–Crippen MR) is 77.6 cm³/mol. The minimum Gasteiger partial charge on any atom is -0.386 e. The summed E-state index contributed by atoms with van der Waals surface area (Å²) in [6.45, 7) is 9.25. The van der Waals surface area contributed by atoms with Crippen molar-refractivity contribution < 1.29 is 9.84 Å². The zero-order valence-electron chi connectivity index (χ0n) is 11.8. The zero-order valence-corrected chi connectivity index (χ0v) is 12.6. The number of aliphatic hydroxyl groups is 1. The summed E-state index contributed by atoms with van der Waals surface area (Å²) >= 11 is 6.15. The molecule has 1 aliphatic rings. The van der Waals surface area contributed by atoms with Crippen LogP contribution in [0, 0.1) is 6.92 Å². The molecule has 1 fully saturated rings. The summed E-state index contributed by atoms with van der Waals surface area (Å²) in [4.78, 5) is 2.27. The monoisotopic (exact) mass is 283 g/mol. The number of benzene rings is 1. The molecule has 19 heavy (non-hydrogen) atoms. The van der Waals surface area contributed by atoms with Crippen LogP contribution in [0.15, 0.2) is 18.2 Å². The van der Waals surface area contributed by atoms with Gasteiger partial charge < -0.3 is 9.84 Å². The van der Waals surface area contributed by atoms with E-state index in [1.165, 1.54) is 0 Å². The minimum absolute atomic E-state index is 0.331. The fourth-order valence-electron chi connectivity index (χ4n) is 2.50. The summed E-state index contributed by atoms with van der Waals surface area (Å²) in [5, 5.41) is 11.4. The van der Waals surface area contributed by atoms with E-state index >= 15 is 0 Å². The Hall–Kier alpha value is -0.610. The lowest BCUT2D eigenvalue weighted by molar-refractivity contribution is -0.0630. The van der Waals surface area contributed by atoms with Crippen molar-refractivity contribution in [3.05, 3.63) is 34.3 Å². The second-order valence-corrected chi connectivity index (χ2v) is 6.07. The van der Waals surface area contributed by atoms with Crippen LogP contribution < -0.4 is 0 Å². The Kier molecular flexibility index (Phi) is 4.51. The van der Waals surface area contributed by atoms with Crippen molar-refractivity contribution in [3.63, 3.8) is 0 Å². The number of nitrogens with zero attached hydrogens (tertiary/aromatic N) is 1. The summed E-state index contributed by atoms with van der Waals surface area (Å²) < 4.78 is 5.37. The van der Waals surface area contributed by atoms with E-state index in [-0.39, 0.29) is 5.54 Å². The quantitative estimate of drug-likeness (QED) is 0.926. The molecule has 1 unspecified atom stereocenters. The number of halogens is 1. The molecular formula is C15H22ClNO2. The molecule has 3 nitrogen and oxygen atoms in total. The number of aryl methyl sites for hydroxylation is 1. The topological polar surface area (TPSA) is 32.7 Å². The van der Waals surface area contributed by atoms with E-state index in [2.05, 4.69) is 18.7 Å². The van der Waals surface area contributed by atoms with Gasteiger partial charge in [-0.15, -0.1) is 0 Å². The van der Waals surface area contributed by atoms with Crippen LogP contribution in [0.1, 0.15) is 31.1 Å². The van der Waals surface area contributed by atoms with Gasteiger partial charge in [0, 0.05) is 23.7 Å². The van der Waals surface area contributed by atoms with Gasteiger partial charge in [-0.05, 0) is 38.0 Å². The van der Waals surface area contributed by atoms with Gasteiger partial charge >= 0.3 is 0 Å². The van der Waals surface area contributed by atoms with Crippen molar-refractivity contribution in [2.24, 2.45) is 0 Å². The summed E-state index contributed by atoms with van der Waals surface area (Å²) in [5.74, 6) is 0. The largest absolute Gasteiger partial charge is 0.386 e. The Bertz CT molecular complexity index is 442. The fourth-order valence-corrected chi connectivity index (χ4v) is 2.69. The van der Waals surface area contributed by atoms with Crippen LogP contribution in [-0.2, 0) is 4.74 Å². The lowest BCUT2D eigenvalue weighted by Gasteiger charge is -2.43. The highest BCUT2D eigenvalue weighted by Crippen LogP contribution is 2.33. The van der Waals surface area contributed by atoms with Crippen molar-refractivity contribution in [2.75, 3.05) is 26.3 Å². The molecule has 0 amide bonds. The average Bonchev–Trinajstić information content (AvgIpc) is 2.42. The van der Waals surface area contributed by atoms with Crippen LogP contribution in [0.5, 0.6) is 0 Å². The van der Waals surface area contributed by atoms with Gasteiger partial charge in [0.15, 0.2) is 0 Å². The van der Waals surface area contributed by atoms with Gasteiger partial charge in [0.25, 0.3) is 0 Å². The van der Waals surface area contributed by atoms with Gasteiger partial charge in [0.05, 0.1) is 19.3 Å². The van der Waals surface area contributed by atoms with Crippen molar-refractivity contribution in [1.82, 2.24) is 4.90 Å². The zero-order chi connectivity index (χ0) is 14.0. The van der Waals surface area contributed by atoms with Crippen LogP contribution in [0.3, 0.4) is 0 Å². The molecule has 1 aromatic rings. The Morgan fingerprint density at radius 3 is 2.53 bits per heavy atom. The summed E-state index contributed by atoms with van der Waals surface area (Å²) in [6, 6.07) is 5.77. The van der Waals surface area contributed by atoms with E-state index in [0.29, 0.717) is 5.02 Å². The summed E-state index contributed by atoms with van der Waals surface area (Å²) in [5.41, 5.74) is 1.57. The molecular weight excluding hydrogens is 262 g/mol. The molecule has 0 saturated carbocycles. The second kappa shape index (κ2) is 5.80. The molecule has 1 saturated heterocycles. The Morgan fingerprint density at radius 1 is 1.32 bits per heavy atom. The van der Waals surface area contributed by atoms with E-state index < -0.39 is 6.10 Å². The standard InChI is InChI=1S/C15H22ClNO2/c1-11-4-5-12(10-13(11)16)14(18)15(2,3)17-6-8-19-9-7-17/h4-5,10,14,18H,6-9H2,1-3H3. The molecule has 106 valence electrons. The third-order valence-electron chi connectivity index (χ3n) is 4.01. The Balaban J connectivity index is 2.20.